The van der Waals surface area contributed by atoms with Crippen LogP contribution in [0.15, 0.2) is 34.1 Å². The van der Waals surface area contributed by atoms with Crippen LogP contribution in [0.3, 0.4) is 0 Å². The first-order valence-electron chi connectivity index (χ1n) is 6.28. The fourth-order valence-corrected chi connectivity index (χ4v) is 2.32. The maximum atomic E-state index is 10.8. The molecule has 7 heteroatoms. The highest BCUT2D eigenvalue weighted by Crippen LogP contribution is 2.26. The summed E-state index contributed by atoms with van der Waals surface area (Å²) < 4.78 is 9.48. The van der Waals surface area contributed by atoms with Gasteiger partial charge in [-0.05, 0) is 36.2 Å². The van der Waals surface area contributed by atoms with E-state index in [2.05, 4.69) is 14.6 Å². The summed E-state index contributed by atoms with van der Waals surface area (Å²) >= 11 is 1.23. The molecule has 3 rings (SSSR count). The molecule has 0 spiro atoms. The van der Waals surface area contributed by atoms with Gasteiger partial charge in [0.2, 0.25) is 5.89 Å². The van der Waals surface area contributed by atoms with Gasteiger partial charge in [-0.15, -0.1) is 5.10 Å². The molecular formula is C14H11N3O3S. The van der Waals surface area contributed by atoms with Crippen molar-refractivity contribution in [2.45, 2.75) is 12.8 Å². The SMILES string of the molecule is O=C(O)CC/C(=C/c1csnn1)c1nc2ccccc2o1. The Morgan fingerprint density at radius 2 is 2.19 bits per heavy atom. The Kier molecular flexibility index (Phi) is 3.74. The second kappa shape index (κ2) is 5.84. The molecule has 1 N–H and O–H groups in total. The summed E-state index contributed by atoms with van der Waals surface area (Å²) in [6, 6.07) is 7.41. The molecule has 21 heavy (non-hydrogen) atoms. The predicted octanol–water partition coefficient (Wildman–Crippen LogP) is 3.08. The lowest BCUT2D eigenvalue weighted by molar-refractivity contribution is -0.136. The molecule has 0 saturated heterocycles. The van der Waals surface area contributed by atoms with Crippen LogP contribution in [0, 0.1) is 0 Å². The standard InChI is InChI=1S/C14H11N3O3S/c18-13(19)6-5-9(7-10-8-21-17-16-10)14-15-11-3-1-2-4-12(11)20-14/h1-4,7-8H,5-6H2,(H,18,19)/b9-7-. The number of oxazole rings is 1. The Balaban J connectivity index is 1.99. The molecule has 1 aromatic carbocycles. The first-order valence-corrected chi connectivity index (χ1v) is 7.11. The lowest BCUT2D eigenvalue weighted by Crippen LogP contribution is -1.96. The first kappa shape index (κ1) is 13.4. The highest BCUT2D eigenvalue weighted by atomic mass is 32.1. The van der Waals surface area contributed by atoms with Gasteiger partial charge in [0.25, 0.3) is 0 Å². The smallest absolute Gasteiger partial charge is 0.303 e. The molecule has 0 unspecified atom stereocenters. The van der Waals surface area contributed by atoms with Gasteiger partial charge in [0.15, 0.2) is 5.58 Å². The number of aliphatic carboxylic acids is 1. The molecule has 106 valence electrons. The van der Waals surface area contributed by atoms with Crippen LogP contribution in [0.5, 0.6) is 0 Å². The maximum absolute atomic E-state index is 10.8. The van der Waals surface area contributed by atoms with Gasteiger partial charge in [0, 0.05) is 17.4 Å². The molecular weight excluding hydrogens is 290 g/mol. The summed E-state index contributed by atoms with van der Waals surface area (Å²) in [6.45, 7) is 0. The normalized spacial score (nSPS) is 11.9. The molecule has 0 radical (unpaired) electrons. The van der Waals surface area contributed by atoms with Crippen molar-refractivity contribution in [1.82, 2.24) is 14.6 Å². The van der Waals surface area contributed by atoms with Crippen molar-refractivity contribution in [2.24, 2.45) is 0 Å². The van der Waals surface area contributed by atoms with E-state index in [1.807, 2.05) is 24.3 Å². The Labute approximate surface area is 123 Å². The molecule has 0 aliphatic rings. The zero-order valence-electron chi connectivity index (χ0n) is 10.9. The Bertz CT molecular complexity index is 760. The van der Waals surface area contributed by atoms with Crippen LogP contribution in [0.2, 0.25) is 0 Å². The zero-order valence-corrected chi connectivity index (χ0v) is 11.7. The van der Waals surface area contributed by atoms with Gasteiger partial charge in [-0.3, -0.25) is 4.79 Å². The number of allylic oxidation sites excluding steroid dienone is 1. The number of carboxylic acid groups (broad SMARTS) is 1. The van der Waals surface area contributed by atoms with E-state index in [0.29, 0.717) is 29.2 Å². The number of hydrogen-bond acceptors (Lipinski definition) is 6. The minimum Gasteiger partial charge on any atom is -0.481 e. The number of fused-ring (bicyclic) bond motifs is 1. The van der Waals surface area contributed by atoms with E-state index in [1.54, 1.807) is 11.5 Å². The van der Waals surface area contributed by atoms with Crippen molar-refractivity contribution in [3.8, 4) is 0 Å². The van der Waals surface area contributed by atoms with E-state index in [1.165, 1.54) is 11.5 Å². The quantitative estimate of drug-likeness (QED) is 0.779. The maximum Gasteiger partial charge on any atom is 0.303 e. The lowest BCUT2D eigenvalue weighted by atomic mass is 10.1. The first-order chi connectivity index (χ1) is 10.2. The molecule has 0 bridgehead atoms. The third kappa shape index (κ3) is 3.14. The van der Waals surface area contributed by atoms with Gasteiger partial charge in [-0.2, -0.15) is 0 Å². The van der Waals surface area contributed by atoms with Crippen LogP contribution < -0.4 is 0 Å². The highest BCUT2D eigenvalue weighted by Gasteiger charge is 2.13. The molecule has 0 aliphatic heterocycles. The second-order valence-electron chi connectivity index (χ2n) is 4.38. The summed E-state index contributed by atoms with van der Waals surface area (Å²) in [5.74, 6) is -0.445. The van der Waals surface area contributed by atoms with Gasteiger partial charge >= 0.3 is 5.97 Å². The van der Waals surface area contributed by atoms with Crippen molar-refractivity contribution in [3.63, 3.8) is 0 Å². The molecule has 0 aliphatic carbocycles. The van der Waals surface area contributed by atoms with Crippen molar-refractivity contribution < 1.29 is 14.3 Å². The van der Waals surface area contributed by atoms with Gasteiger partial charge in [0.05, 0.1) is 5.69 Å². The van der Waals surface area contributed by atoms with Gasteiger partial charge < -0.3 is 9.52 Å². The zero-order chi connectivity index (χ0) is 14.7. The average molecular weight is 301 g/mol. The lowest BCUT2D eigenvalue weighted by Gasteiger charge is -2.00. The third-order valence-corrected chi connectivity index (χ3v) is 3.40. The predicted molar refractivity (Wildman–Crippen MR) is 78.7 cm³/mol. The number of para-hydroxylation sites is 2. The Morgan fingerprint density at radius 1 is 1.33 bits per heavy atom. The fourth-order valence-electron chi connectivity index (χ4n) is 1.91. The van der Waals surface area contributed by atoms with Crippen molar-refractivity contribution in [1.29, 1.82) is 0 Å². The number of benzene rings is 1. The molecule has 0 amide bonds. The summed E-state index contributed by atoms with van der Waals surface area (Å²) in [5.41, 5.74) is 2.78. The largest absolute Gasteiger partial charge is 0.481 e. The van der Waals surface area contributed by atoms with E-state index in [-0.39, 0.29) is 6.42 Å². The summed E-state index contributed by atoms with van der Waals surface area (Å²) in [5, 5.41) is 14.6. The number of aromatic nitrogens is 3. The molecule has 2 heterocycles. The van der Waals surface area contributed by atoms with Crippen LogP contribution in [-0.2, 0) is 4.79 Å². The topological polar surface area (TPSA) is 89.1 Å². The van der Waals surface area contributed by atoms with Crippen molar-refractivity contribution in [3.05, 3.63) is 41.2 Å². The number of carboxylic acids is 1. The molecule has 6 nitrogen and oxygen atoms in total. The summed E-state index contributed by atoms with van der Waals surface area (Å²) in [4.78, 5) is 15.2. The van der Waals surface area contributed by atoms with Crippen molar-refractivity contribution >= 4 is 40.3 Å². The fraction of sp³-hybridized carbons (Fsp3) is 0.143. The number of nitrogens with zero attached hydrogens (tertiary/aromatic N) is 3. The van der Waals surface area contributed by atoms with Gasteiger partial charge in [0.1, 0.15) is 5.52 Å². The van der Waals surface area contributed by atoms with Gasteiger partial charge in [-0.25, -0.2) is 4.98 Å². The summed E-state index contributed by atoms with van der Waals surface area (Å²) in [6.07, 6.45) is 2.08. The van der Waals surface area contributed by atoms with Crippen LogP contribution in [0.25, 0.3) is 22.7 Å². The molecule has 3 aromatic rings. The third-order valence-electron chi connectivity index (χ3n) is 2.88. The van der Waals surface area contributed by atoms with E-state index in [4.69, 9.17) is 9.52 Å². The van der Waals surface area contributed by atoms with E-state index in [9.17, 15) is 4.79 Å². The molecule has 0 saturated carbocycles. The van der Waals surface area contributed by atoms with Crippen LogP contribution in [0.4, 0.5) is 0 Å². The van der Waals surface area contributed by atoms with Crippen LogP contribution in [0.1, 0.15) is 24.4 Å². The second-order valence-corrected chi connectivity index (χ2v) is 4.99. The Hall–Kier alpha value is -2.54. The molecule has 2 aromatic heterocycles. The highest BCUT2D eigenvalue weighted by molar-refractivity contribution is 7.03. The average Bonchev–Trinajstić information content (AvgIpc) is 3.11. The summed E-state index contributed by atoms with van der Waals surface area (Å²) in [7, 11) is 0. The minimum atomic E-state index is -0.867. The molecule has 0 atom stereocenters. The van der Waals surface area contributed by atoms with Crippen LogP contribution in [-0.4, -0.2) is 25.6 Å². The van der Waals surface area contributed by atoms with E-state index < -0.39 is 5.97 Å². The van der Waals surface area contributed by atoms with Crippen LogP contribution >= 0.6 is 11.5 Å². The number of rotatable bonds is 5. The van der Waals surface area contributed by atoms with Crippen molar-refractivity contribution in [2.75, 3.05) is 0 Å². The van der Waals surface area contributed by atoms with E-state index >= 15 is 0 Å². The number of carbonyl (C=O) groups is 1. The Morgan fingerprint density at radius 3 is 2.90 bits per heavy atom. The van der Waals surface area contributed by atoms with E-state index in [0.717, 1.165) is 5.52 Å². The number of hydrogen-bond donors (Lipinski definition) is 1. The molecule has 0 fully saturated rings. The van der Waals surface area contributed by atoms with Gasteiger partial charge in [-0.1, -0.05) is 16.6 Å². The minimum absolute atomic E-state index is 0.00211. The monoisotopic (exact) mass is 301 g/mol.